The van der Waals surface area contributed by atoms with Gasteiger partial charge in [-0.1, -0.05) is 6.07 Å². The molecule has 1 aliphatic rings. The van der Waals surface area contributed by atoms with Crippen LogP contribution in [-0.2, 0) is 10.0 Å². The minimum atomic E-state index is -3.91. The fraction of sp³-hybridized carbons (Fsp3) is 0.462. The molecule has 5 nitrogen and oxygen atoms in total. The van der Waals surface area contributed by atoms with Crippen molar-refractivity contribution in [1.29, 1.82) is 5.26 Å². The van der Waals surface area contributed by atoms with Gasteiger partial charge in [0.2, 0.25) is 10.0 Å². The fourth-order valence-electron chi connectivity index (χ4n) is 2.37. The average molecular weight is 298 g/mol. The van der Waals surface area contributed by atoms with Crippen LogP contribution < -0.4 is 0 Å². The molecule has 0 radical (unpaired) electrons. The molecular weight excluding hydrogens is 283 g/mol. The molecule has 0 spiro atoms. The number of nitrogens with zero attached hydrogens (tertiary/aromatic N) is 2. The highest BCUT2D eigenvalue weighted by Gasteiger charge is 2.40. The topological polar surface area (TPSA) is 81.4 Å². The molecule has 1 fully saturated rings. The molecule has 1 aliphatic heterocycles. The molecule has 2 rings (SSSR count). The van der Waals surface area contributed by atoms with Gasteiger partial charge in [0.15, 0.2) is 0 Å². The quantitative estimate of drug-likeness (QED) is 0.901. The van der Waals surface area contributed by atoms with E-state index in [1.165, 1.54) is 12.1 Å². The Balaban J connectivity index is 2.48. The van der Waals surface area contributed by atoms with Crippen LogP contribution in [0.5, 0.6) is 0 Å². The normalized spacial score (nSPS) is 23.7. The van der Waals surface area contributed by atoms with Crippen molar-refractivity contribution in [3.05, 3.63) is 29.3 Å². The highest BCUT2D eigenvalue weighted by atomic mass is 32.2. The van der Waals surface area contributed by atoms with E-state index in [1.54, 1.807) is 13.0 Å². The van der Waals surface area contributed by atoms with E-state index in [0.717, 1.165) is 4.31 Å². The summed E-state index contributed by atoms with van der Waals surface area (Å²) in [5.74, 6) is 0. The van der Waals surface area contributed by atoms with Crippen molar-refractivity contribution in [2.24, 2.45) is 0 Å². The van der Waals surface area contributed by atoms with Gasteiger partial charge in [-0.15, -0.1) is 0 Å². The molecule has 1 heterocycles. The van der Waals surface area contributed by atoms with Gasteiger partial charge >= 0.3 is 0 Å². The predicted octanol–water partition coefficient (Wildman–Crippen LogP) is 0.960. The SMILES string of the molecule is Cc1ccc(C#N)cc1S(=O)(=O)N1C[C@@H](F)C[C@H]1CO. The van der Waals surface area contributed by atoms with Crippen LogP contribution in [0.15, 0.2) is 23.1 Å². The second-order valence-electron chi connectivity index (χ2n) is 4.84. The molecule has 0 amide bonds. The van der Waals surface area contributed by atoms with E-state index in [1.807, 2.05) is 6.07 Å². The van der Waals surface area contributed by atoms with E-state index in [4.69, 9.17) is 5.26 Å². The predicted molar refractivity (Wildman–Crippen MR) is 70.2 cm³/mol. The molecule has 7 heteroatoms. The van der Waals surface area contributed by atoms with Crippen LogP contribution in [0.2, 0.25) is 0 Å². The van der Waals surface area contributed by atoms with E-state index in [9.17, 15) is 17.9 Å². The summed E-state index contributed by atoms with van der Waals surface area (Å²) in [5, 5.41) is 18.1. The van der Waals surface area contributed by atoms with Crippen LogP contribution in [0.3, 0.4) is 0 Å². The number of sulfonamides is 1. The third kappa shape index (κ3) is 2.54. The first-order valence-corrected chi connectivity index (χ1v) is 7.61. The number of aliphatic hydroxyl groups excluding tert-OH is 1. The number of nitriles is 1. The average Bonchev–Trinajstić information content (AvgIpc) is 2.81. The van der Waals surface area contributed by atoms with Gasteiger partial charge in [-0.25, -0.2) is 12.8 Å². The van der Waals surface area contributed by atoms with Gasteiger partial charge in [0.05, 0.1) is 29.2 Å². The third-order valence-corrected chi connectivity index (χ3v) is 5.49. The maximum Gasteiger partial charge on any atom is 0.243 e. The van der Waals surface area contributed by atoms with Crippen molar-refractivity contribution in [1.82, 2.24) is 4.31 Å². The standard InChI is InChI=1S/C13H15FN2O3S/c1-9-2-3-10(6-15)4-13(9)20(18,19)16-7-11(14)5-12(16)8-17/h2-4,11-12,17H,5,7-8H2,1H3/t11-,12-/m0/s1. The lowest BCUT2D eigenvalue weighted by molar-refractivity contribution is 0.213. The summed E-state index contributed by atoms with van der Waals surface area (Å²) in [5.41, 5.74) is 0.716. The fourth-order valence-corrected chi connectivity index (χ4v) is 4.27. The number of halogens is 1. The van der Waals surface area contributed by atoms with E-state index in [2.05, 4.69) is 0 Å². The molecule has 1 saturated heterocycles. The highest BCUT2D eigenvalue weighted by molar-refractivity contribution is 7.89. The number of hydrogen-bond donors (Lipinski definition) is 1. The van der Waals surface area contributed by atoms with Crippen molar-refractivity contribution in [2.75, 3.05) is 13.2 Å². The van der Waals surface area contributed by atoms with Crippen molar-refractivity contribution in [3.63, 3.8) is 0 Å². The van der Waals surface area contributed by atoms with Crippen LogP contribution >= 0.6 is 0 Å². The molecular formula is C13H15FN2O3S. The van der Waals surface area contributed by atoms with Crippen molar-refractivity contribution in [2.45, 2.75) is 30.5 Å². The number of aliphatic hydroxyl groups is 1. The molecule has 20 heavy (non-hydrogen) atoms. The molecule has 1 aromatic carbocycles. The van der Waals surface area contributed by atoms with Crippen LogP contribution in [-0.4, -0.2) is 43.2 Å². The second-order valence-corrected chi connectivity index (χ2v) is 6.70. The molecule has 0 unspecified atom stereocenters. The number of aryl methyl sites for hydroxylation is 1. The summed E-state index contributed by atoms with van der Waals surface area (Å²) in [7, 11) is -3.91. The summed E-state index contributed by atoms with van der Waals surface area (Å²) < 4.78 is 39.6. The van der Waals surface area contributed by atoms with Crippen molar-refractivity contribution >= 4 is 10.0 Å². The minimum absolute atomic E-state index is 0.00722. The van der Waals surface area contributed by atoms with E-state index in [0.29, 0.717) is 5.56 Å². The zero-order valence-corrected chi connectivity index (χ0v) is 11.8. The number of hydrogen-bond acceptors (Lipinski definition) is 4. The molecule has 1 aromatic rings. The van der Waals surface area contributed by atoms with Gasteiger partial charge < -0.3 is 5.11 Å². The Morgan fingerprint density at radius 2 is 2.25 bits per heavy atom. The summed E-state index contributed by atoms with van der Waals surface area (Å²) in [6.07, 6.45) is -1.28. The Labute approximate surface area is 117 Å². The number of benzene rings is 1. The van der Waals surface area contributed by atoms with Gasteiger partial charge in [0, 0.05) is 6.54 Å². The maximum atomic E-state index is 13.4. The molecule has 0 saturated carbocycles. The van der Waals surface area contributed by atoms with Crippen LogP contribution in [0.1, 0.15) is 17.5 Å². The first-order valence-electron chi connectivity index (χ1n) is 6.17. The van der Waals surface area contributed by atoms with Gasteiger partial charge in [-0.3, -0.25) is 0 Å². The van der Waals surface area contributed by atoms with E-state index < -0.39 is 28.8 Å². The lowest BCUT2D eigenvalue weighted by atomic mass is 10.2. The van der Waals surface area contributed by atoms with Gasteiger partial charge in [0.1, 0.15) is 6.17 Å². The summed E-state index contributed by atoms with van der Waals surface area (Å²) >= 11 is 0. The lowest BCUT2D eigenvalue weighted by Crippen LogP contribution is -2.38. The first-order chi connectivity index (χ1) is 9.40. The highest BCUT2D eigenvalue weighted by Crippen LogP contribution is 2.29. The molecule has 1 N–H and O–H groups in total. The van der Waals surface area contributed by atoms with Crippen LogP contribution in [0, 0.1) is 18.3 Å². The molecule has 108 valence electrons. The zero-order chi connectivity index (χ0) is 14.9. The summed E-state index contributed by atoms with van der Waals surface area (Å²) in [6.45, 7) is 0.936. The van der Waals surface area contributed by atoms with Crippen molar-refractivity contribution < 1.29 is 17.9 Å². The Kier molecular flexibility index (Phi) is 4.09. The Bertz CT molecular complexity index is 654. The zero-order valence-electron chi connectivity index (χ0n) is 11.0. The Morgan fingerprint density at radius 3 is 2.85 bits per heavy atom. The second kappa shape index (κ2) is 5.48. The number of rotatable bonds is 3. The smallest absolute Gasteiger partial charge is 0.243 e. The van der Waals surface area contributed by atoms with Crippen LogP contribution in [0.4, 0.5) is 4.39 Å². The van der Waals surface area contributed by atoms with Crippen molar-refractivity contribution in [3.8, 4) is 6.07 Å². The largest absolute Gasteiger partial charge is 0.395 e. The molecule has 0 bridgehead atoms. The number of alkyl halides is 1. The van der Waals surface area contributed by atoms with Gasteiger partial charge in [-0.2, -0.15) is 9.57 Å². The maximum absolute atomic E-state index is 13.4. The Morgan fingerprint density at radius 1 is 1.55 bits per heavy atom. The molecule has 0 aliphatic carbocycles. The monoisotopic (exact) mass is 298 g/mol. The van der Waals surface area contributed by atoms with Gasteiger partial charge in [0.25, 0.3) is 0 Å². The van der Waals surface area contributed by atoms with E-state index in [-0.39, 0.29) is 23.4 Å². The van der Waals surface area contributed by atoms with Crippen LogP contribution in [0.25, 0.3) is 0 Å². The minimum Gasteiger partial charge on any atom is -0.395 e. The molecule has 0 aromatic heterocycles. The van der Waals surface area contributed by atoms with Gasteiger partial charge in [-0.05, 0) is 31.0 Å². The van der Waals surface area contributed by atoms with E-state index >= 15 is 0 Å². The Hall–Kier alpha value is -1.49. The third-order valence-electron chi connectivity index (χ3n) is 3.43. The summed E-state index contributed by atoms with van der Waals surface area (Å²) in [6, 6.07) is 5.49. The first kappa shape index (κ1) is 14.9. The summed E-state index contributed by atoms with van der Waals surface area (Å²) in [4.78, 5) is -0.0101. The lowest BCUT2D eigenvalue weighted by Gasteiger charge is -2.23. The molecule has 2 atom stereocenters.